The van der Waals surface area contributed by atoms with Gasteiger partial charge in [-0.2, -0.15) is 0 Å². The summed E-state index contributed by atoms with van der Waals surface area (Å²) in [5.74, 6) is 0.450. The predicted octanol–water partition coefficient (Wildman–Crippen LogP) is 1.97. The van der Waals surface area contributed by atoms with E-state index in [1.54, 1.807) is 6.07 Å². The van der Waals surface area contributed by atoms with Crippen LogP contribution in [0.1, 0.15) is 18.4 Å². The summed E-state index contributed by atoms with van der Waals surface area (Å²) in [6.07, 6.45) is 0.633. The number of aromatic nitrogens is 2. The van der Waals surface area contributed by atoms with Crippen molar-refractivity contribution in [3.63, 3.8) is 0 Å². The van der Waals surface area contributed by atoms with Gasteiger partial charge in [-0.1, -0.05) is 0 Å². The average Bonchev–Trinajstić information content (AvgIpc) is 2.18. The van der Waals surface area contributed by atoms with Crippen LogP contribution in [0.2, 0.25) is 0 Å². The van der Waals surface area contributed by atoms with Gasteiger partial charge in [-0.15, -0.1) is 0 Å². The lowest BCUT2D eigenvalue weighted by Gasteiger charge is -2.07. The number of benzene rings is 1. The zero-order valence-electron chi connectivity index (χ0n) is 9.37. The molecule has 2 rings (SSSR count). The molecule has 0 amide bonds. The average molecular weight is 219 g/mol. The first-order valence-electron chi connectivity index (χ1n) is 5.24. The molecule has 0 aliphatic carbocycles. The standard InChI is InChI=1S/C12H14FN3/c1-7(14)5-12-15-8(2)10-6-9(13)3-4-11(10)16-12/h3-4,6-7H,5,14H2,1-2H3. The topological polar surface area (TPSA) is 51.8 Å². The van der Waals surface area contributed by atoms with Crippen LogP contribution < -0.4 is 5.73 Å². The van der Waals surface area contributed by atoms with Crippen LogP contribution in [0.3, 0.4) is 0 Å². The van der Waals surface area contributed by atoms with Gasteiger partial charge in [-0.3, -0.25) is 0 Å². The van der Waals surface area contributed by atoms with Crippen LogP contribution in [0.15, 0.2) is 18.2 Å². The molecule has 3 nitrogen and oxygen atoms in total. The first-order chi connectivity index (χ1) is 7.56. The maximum Gasteiger partial charge on any atom is 0.130 e. The Balaban J connectivity index is 2.55. The Labute approximate surface area is 93.5 Å². The van der Waals surface area contributed by atoms with E-state index < -0.39 is 0 Å². The second-order valence-electron chi connectivity index (χ2n) is 4.07. The van der Waals surface area contributed by atoms with Crippen LogP contribution in [-0.4, -0.2) is 16.0 Å². The highest BCUT2D eigenvalue weighted by atomic mass is 19.1. The molecule has 2 aromatic rings. The number of fused-ring (bicyclic) bond motifs is 1. The van der Waals surface area contributed by atoms with Gasteiger partial charge in [0.2, 0.25) is 0 Å². The van der Waals surface area contributed by atoms with E-state index in [0.717, 1.165) is 16.6 Å². The van der Waals surface area contributed by atoms with Crippen LogP contribution in [0.4, 0.5) is 4.39 Å². The Morgan fingerprint density at radius 3 is 2.81 bits per heavy atom. The van der Waals surface area contributed by atoms with Gasteiger partial charge in [0, 0.05) is 23.5 Å². The van der Waals surface area contributed by atoms with Gasteiger partial charge in [-0.05, 0) is 32.0 Å². The van der Waals surface area contributed by atoms with Crippen LogP contribution in [-0.2, 0) is 6.42 Å². The Bertz CT molecular complexity index is 523. The maximum absolute atomic E-state index is 13.1. The van der Waals surface area contributed by atoms with Crippen LogP contribution in [0.5, 0.6) is 0 Å². The highest BCUT2D eigenvalue weighted by molar-refractivity contribution is 5.80. The first kappa shape index (κ1) is 11.0. The number of nitrogens with two attached hydrogens (primary N) is 1. The van der Waals surface area contributed by atoms with E-state index in [1.807, 2.05) is 13.8 Å². The van der Waals surface area contributed by atoms with Gasteiger partial charge in [0.15, 0.2) is 0 Å². The van der Waals surface area contributed by atoms with E-state index in [-0.39, 0.29) is 11.9 Å². The van der Waals surface area contributed by atoms with E-state index in [0.29, 0.717) is 12.2 Å². The molecular weight excluding hydrogens is 205 g/mol. The molecule has 0 fully saturated rings. The summed E-state index contributed by atoms with van der Waals surface area (Å²) in [6.45, 7) is 3.77. The zero-order valence-corrected chi connectivity index (χ0v) is 9.37. The van der Waals surface area contributed by atoms with Gasteiger partial charge in [0.25, 0.3) is 0 Å². The van der Waals surface area contributed by atoms with Gasteiger partial charge in [0.05, 0.1) is 5.52 Å². The highest BCUT2D eigenvalue weighted by Gasteiger charge is 2.07. The van der Waals surface area contributed by atoms with Crippen molar-refractivity contribution in [2.24, 2.45) is 5.73 Å². The van der Waals surface area contributed by atoms with Crippen LogP contribution in [0, 0.1) is 12.7 Å². The normalized spacial score (nSPS) is 13.0. The van der Waals surface area contributed by atoms with E-state index in [1.165, 1.54) is 12.1 Å². The number of aryl methyl sites for hydroxylation is 1. The highest BCUT2D eigenvalue weighted by Crippen LogP contribution is 2.16. The van der Waals surface area contributed by atoms with Crippen molar-refractivity contribution in [1.29, 1.82) is 0 Å². The van der Waals surface area contributed by atoms with E-state index >= 15 is 0 Å². The third-order valence-corrected chi connectivity index (χ3v) is 2.40. The molecule has 0 aliphatic rings. The predicted molar refractivity (Wildman–Crippen MR) is 61.6 cm³/mol. The number of halogens is 1. The van der Waals surface area contributed by atoms with Crippen molar-refractivity contribution >= 4 is 10.9 Å². The van der Waals surface area contributed by atoms with Crippen molar-refractivity contribution in [1.82, 2.24) is 9.97 Å². The van der Waals surface area contributed by atoms with Crippen molar-refractivity contribution in [3.8, 4) is 0 Å². The van der Waals surface area contributed by atoms with Crippen molar-refractivity contribution in [2.75, 3.05) is 0 Å². The third kappa shape index (κ3) is 2.17. The maximum atomic E-state index is 13.1. The lowest BCUT2D eigenvalue weighted by molar-refractivity contribution is 0.629. The third-order valence-electron chi connectivity index (χ3n) is 2.40. The Morgan fingerprint density at radius 2 is 2.12 bits per heavy atom. The van der Waals surface area contributed by atoms with E-state index in [9.17, 15) is 4.39 Å². The molecule has 0 spiro atoms. The zero-order chi connectivity index (χ0) is 11.7. The summed E-state index contributed by atoms with van der Waals surface area (Å²) < 4.78 is 13.1. The molecule has 0 bridgehead atoms. The summed E-state index contributed by atoms with van der Waals surface area (Å²) in [5.41, 5.74) is 7.26. The summed E-state index contributed by atoms with van der Waals surface area (Å²) in [6, 6.07) is 4.56. The fraction of sp³-hybridized carbons (Fsp3) is 0.333. The minimum absolute atomic E-state index is 0.0253. The summed E-state index contributed by atoms with van der Waals surface area (Å²) in [5, 5.41) is 0.758. The van der Waals surface area contributed by atoms with Gasteiger partial charge in [-0.25, -0.2) is 14.4 Å². The first-order valence-corrected chi connectivity index (χ1v) is 5.24. The molecule has 1 heterocycles. The number of rotatable bonds is 2. The quantitative estimate of drug-likeness (QED) is 0.840. The summed E-state index contributed by atoms with van der Waals surface area (Å²) >= 11 is 0. The van der Waals surface area contributed by atoms with Crippen molar-refractivity contribution in [3.05, 3.63) is 35.5 Å². The van der Waals surface area contributed by atoms with Crippen LogP contribution >= 0.6 is 0 Å². The molecule has 16 heavy (non-hydrogen) atoms. The molecule has 2 N–H and O–H groups in total. The van der Waals surface area contributed by atoms with Gasteiger partial charge in [0.1, 0.15) is 11.6 Å². The van der Waals surface area contributed by atoms with Gasteiger partial charge < -0.3 is 5.73 Å². The molecule has 1 aromatic carbocycles. The molecule has 0 aliphatic heterocycles. The molecule has 84 valence electrons. The second kappa shape index (κ2) is 4.14. The van der Waals surface area contributed by atoms with Crippen molar-refractivity contribution in [2.45, 2.75) is 26.3 Å². The molecule has 1 aromatic heterocycles. The fourth-order valence-electron chi connectivity index (χ4n) is 1.69. The van der Waals surface area contributed by atoms with E-state index in [2.05, 4.69) is 9.97 Å². The number of nitrogens with zero attached hydrogens (tertiary/aromatic N) is 2. The monoisotopic (exact) mass is 219 g/mol. The van der Waals surface area contributed by atoms with Crippen LogP contribution in [0.25, 0.3) is 10.9 Å². The Morgan fingerprint density at radius 1 is 1.38 bits per heavy atom. The smallest absolute Gasteiger partial charge is 0.130 e. The van der Waals surface area contributed by atoms with Gasteiger partial charge >= 0.3 is 0 Å². The summed E-state index contributed by atoms with van der Waals surface area (Å²) in [7, 11) is 0. The summed E-state index contributed by atoms with van der Waals surface area (Å²) in [4.78, 5) is 8.68. The minimum atomic E-state index is -0.265. The van der Waals surface area contributed by atoms with E-state index in [4.69, 9.17) is 5.73 Å². The van der Waals surface area contributed by atoms with Crippen molar-refractivity contribution < 1.29 is 4.39 Å². The minimum Gasteiger partial charge on any atom is -0.328 e. The largest absolute Gasteiger partial charge is 0.328 e. The SMILES string of the molecule is Cc1nc(CC(C)N)nc2ccc(F)cc12. The lowest BCUT2D eigenvalue weighted by atomic mass is 10.1. The fourth-order valence-corrected chi connectivity index (χ4v) is 1.69. The molecule has 4 heteroatoms. The molecule has 0 saturated carbocycles. The Kier molecular flexibility index (Phi) is 2.83. The molecular formula is C12H14FN3. The second-order valence-corrected chi connectivity index (χ2v) is 4.07. The molecule has 1 unspecified atom stereocenters. The molecule has 1 atom stereocenters. The lowest BCUT2D eigenvalue weighted by Crippen LogP contribution is -2.19. The number of hydrogen-bond donors (Lipinski definition) is 1. The Hall–Kier alpha value is -1.55. The number of hydrogen-bond acceptors (Lipinski definition) is 3. The molecule has 0 radical (unpaired) electrons. The molecule has 0 saturated heterocycles.